The molecule has 0 amide bonds. The molecule has 1 N–H and O–H groups in total. The lowest BCUT2D eigenvalue weighted by atomic mass is 10.4. The van der Waals surface area contributed by atoms with Crippen LogP contribution in [0, 0.1) is 13.8 Å². The first-order valence-corrected chi connectivity index (χ1v) is 7.21. The van der Waals surface area contributed by atoms with Crippen LogP contribution in [-0.4, -0.2) is 20.8 Å². The molecule has 18 heavy (non-hydrogen) atoms. The summed E-state index contributed by atoms with van der Waals surface area (Å²) in [6, 6.07) is 5.19. The fourth-order valence-corrected chi connectivity index (χ4v) is 2.94. The van der Waals surface area contributed by atoms with E-state index in [1.807, 2.05) is 29.9 Å². The summed E-state index contributed by atoms with van der Waals surface area (Å²) in [6.07, 6.45) is 2.69. The maximum Gasteiger partial charge on any atom is 0.147 e. The number of nitrogens with zero attached hydrogens (tertiary/aromatic N) is 3. The Kier molecular flexibility index (Phi) is 3.18. The fraction of sp³-hybridized carbons (Fsp3) is 0.538. The van der Waals surface area contributed by atoms with Gasteiger partial charge in [0.15, 0.2) is 0 Å². The molecular formula is C13H18N4S. The Hall–Kier alpha value is -1.20. The summed E-state index contributed by atoms with van der Waals surface area (Å²) in [5, 5.41) is 7.94. The van der Waals surface area contributed by atoms with Crippen LogP contribution in [-0.2, 0) is 13.1 Å². The highest BCUT2D eigenvalue weighted by atomic mass is 32.1. The molecule has 1 fully saturated rings. The average molecular weight is 262 g/mol. The van der Waals surface area contributed by atoms with Gasteiger partial charge in [0.25, 0.3) is 0 Å². The van der Waals surface area contributed by atoms with Crippen LogP contribution in [0.4, 0.5) is 0 Å². The number of aryl methyl sites for hydroxylation is 2. The standard InChI is InChI=1S/C13H18N4S/c1-9-15-10(2)17(16-9)8-13-6-5-12(18-13)7-14-11-3-4-11/h5-6,11,14H,3-4,7-8H2,1-2H3. The molecule has 0 saturated heterocycles. The third kappa shape index (κ3) is 2.79. The van der Waals surface area contributed by atoms with E-state index in [2.05, 4.69) is 27.5 Å². The van der Waals surface area contributed by atoms with Crippen LogP contribution in [0.15, 0.2) is 12.1 Å². The molecule has 5 heteroatoms. The third-order valence-electron chi connectivity index (χ3n) is 3.13. The number of aromatic nitrogens is 3. The predicted molar refractivity (Wildman–Crippen MR) is 72.8 cm³/mol. The van der Waals surface area contributed by atoms with Crippen molar-refractivity contribution in [2.45, 2.75) is 45.8 Å². The van der Waals surface area contributed by atoms with Crippen molar-refractivity contribution in [1.82, 2.24) is 20.1 Å². The molecule has 0 radical (unpaired) electrons. The van der Waals surface area contributed by atoms with Crippen LogP contribution in [0.1, 0.15) is 34.2 Å². The van der Waals surface area contributed by atoms with E-state index in [0.29, 0.717) is 0 Å². The van der Waals surface area contributed by atoms with Gasteiger partial charge in [-0.05, 0) is 38.8 Å². The van der Waals surface area contributed by atoms with Gasteiger partial charge in [-0.25, -0.2) is 9.67 Å². The van der Waals surface area contributed by atoms with Crippen LogP contribution in [0.5, 0.6) is 0 Å². The minimum absolute atomic E-state index is 0.774. The largest absolute Gasteiger partial charge is 0.309 e. The lowest BCUT2D eigenvalue weighted by Gasteiger charge is -2.00. The molecule has 0 bridgehead atoms. The summed E-state index contributed by atoms with van der Waals surface area (Å²) in [5.74, 6) is 1.83. The predicted octanol–water partition coefficient (Wildman–Crippen LogP) is 2.26. The zero-order chi connectivity index (χ0) is 12.5. The normalized spacial score (nSPS) is 15.2. The summed E-state index contributed by atoms with van der Waals surface area (Å²) >= 11 is 1.86. The van der Waals surface area contributed by atoms with Crippen molar-refractivity contribution in [3.8, 4) is 0 Å². The number of nitrogens with one attached hydrogen (secondary N) is 1. The fourth-order valence-electron chi connectivity index (χ4n) is 1.99. The van der Waals surface area contributed by atoms with Gasteiger partial charge in [0.05, 0.1) is 6.54 Å². The van der Waals surface area contributed by atoms with Gasteiger partial charge >= 0.3 is 0 Å². The lowest BCUT2D eigenvalue weighted by Crippen LogP contribution is -2.14. The minimum atomic E-state index is 0.774. The molecule has 4 nitrogen and oxygen atoms in total. The number of hydrogen-bond donors (Lipinski definition) is 1. The quantitative estimate of drug-likeness (QED) is 0.898. The van der Waals surface area contributed by atoms with Crippen LogP contribution in [0.25, 0.3) is 0 Å². The summed E-state index contributed by atoms with van der Waals surface area (Å²) in [4.78, 5) is 7.08. The van der Waals surface area contributed by atoms with Crippen LogP contribution in [0.3, 0.4) is 0 Å². The van der Waals surface area contributed by atoms with Gasteiger partial charge in [0.2, 0.25) is 0 Å². The first-order chi connectivity index (χ1) is 8.70. The van der Waals surface area contributed by atoms with Crippen molar-refractivity contribution in [1.29, 1.82) is 0 Å². The van der Waals surface area contributed by atoms with E-state index >= 15 is 0 Å². The Balaban J connectivity index is 1.63. The summed E-state index contributed by atoms with van der Waals surface area (Å²) in [7, 11) is 0. The molecular weight excluding hydrogens is 244 g/mol. The Morgan fingerprint density at radius 2 is 2.11 bits per heavy atom. The van der Waals surface area contributed by atoms with Gasteiger partial charge in [-0.15, -0.1) is 11.3 Å². The maximum absolute atomic E-state index is 4.40. The van der Waals surface area contributed by atoms with Gasteiger partial charge in [-0.2, -0.15) is 5.10 Å². The van der Waals surface area contributed by atoms with E-state index < -0.39 is 0 Å². The molecule has 96 valence electrons. The van der Waals surface area contributed by atoms with E-state index in [4.69, 9.17) is 0 Å². The van der Waals surface area contributed by atoms with Crippen molar-refractivity contribution < 1.29 is 0 Å². The smallest absolute Gasteiger partial charge is 0.147 e. The molecule has 2 aromatic rings. The molecule has 0 aliphatic heterocycles. The van der Waals surface area contributed by atoms with Gasteiger partial charge in [0, 0.05) is 22.3 Å². The molecule has 0 spiro atoms. The van der Waals surface area contributed by atoms with E-state index in [1.165, 1.54) is 22.6 Å². The Morgan fingerprint density at radius 3 is 2.78 bits per heavy atom. The van der Waals surface area contributed by atoms with Crippen molar-refractivity contribution in [2.75, 3.05) is 0 Å². The average Bonchev–Trinajstić information content (AvgIpc) is 2.97. The molecule has 1 aliphatic carbocycles. The monoisotopic (exact) mass is 262 g/mol. The van der Waals surface area contributed by atoms with Crippen LogP contribution < -0.4 is 5.32 Å². The highest BCUT2D eigenvalue weighted by molar-refractivity contribution is 7.11. The zero-order valence-electron chi connectivity index (χ0n) is 10.8. The summed E-state index contributed by atoms with van der Waals surface area (Å²) in [6.45, 7) is 5.78. The number of rotatable bonds is 5. The van der Waals surface area contributed by atoms with E-state index in [1.54, 1.807) is 0 Å². The Bertz CT molecular complexity index is 539. The van der Waals surface area contributed by atoms with E-state index in [0.717, 1.165) is 30.8 Å². The Labute approximate surface area is 111 Å². The van der Waals surface area contributed by atoms with Crippen molar-refractivity contribution in [3.63, 3.8) is 0 Å². The molecule has 0 unspecified atom stereocenters. The van der Waals surface area contributed by atoms with Crippen LogP contribution in [0.2, 0.25) is 0 Å². The number of thiophene rings is 1. The van der Waals surface area contributed by atoms with Crippen molar-refractivity contribution in [2.24, 2.45) is 0 Å². The van der Waals surface area contributed by atoms with Crippen LogP contribution >= 0.6 is 11.3 Å². The highest BCUT2D eigenvalue weighted by Crippen LogP contribution is 2.22. The second kappa shape index (κ2) is 4.82. The van der Waals surface area contributed by atoms with Gasteiger partial charge in [-0.1, -0.05) is 0 Å². The first kappa shape index (κ1) is 11.9. The molecule has 0 aromatic carbocycles. The van der Waals surface area contributed by atoms with Gasteiger partial charge in [-0.3, -0.25) is 0 Å². The Morgan fingerprint density at radius 1 is 1.33 bits per heavy atom. The topological polar surface area (TPSA) is 42.7 Å². The lowest BCUT2D eigenvalue weighted by molar-refractivity contribution is 0.663. The van der Waals surface area contributed by atoms with E-state index in [9.17, 15) is 0 Å². The van der Waals surface area contributed by atoms with Crippen molar-refractivity contribution in [3.05, 3.63) is 33.5 Å². The second-order valence-corrected chi connectivity index (χ2v) is 6.14. The molecule has 2 aromatic heterocycles. The highest BCUT2D eigenvalue weighted by Gasteiger charge is 2.20. The van der Waals surface area contributed by atoms with Crippen molar-refractivity contribution >= 4 is 11.3 Å². The first-order valence-electron chi connectivity index (χ1n) is 6.40. The molecule has 2 heterocycles. The minimum Gasteiger partial charge on any atom is -0.309 e. The van der Waals surface area contributed by atoms with E-state index in [-0.39, 0.29) is 0 Å². The van der Waals surface area contributed by atoms with Gasteiger partial charge < -0.3 is 5.32 Å². The third-order valence-corrected chi connectivity index (χ3v) is 4.20. The molecule has 1 saturated carbocycles. The number of hydrogen-bond acceptors (Lipinski definition) is 4. The molecule has 0 atom stereocenters. The molecule has 1 aliphatic rings. The summed E-state index contributed by atoms with van der Waals surface area (Å²) in [5.41, 5.74) is 0. The second-order valence-electron chi connectivity index (χ2n) is 4.89. The summed E-state index contributed by atoms with van der Waals surface area (Å²) < 4.78 is 1.97. The maximum atomic E-state index is 4.40. The zero-order valence-corrected chi connectivity index (χ0v) is 11.6. The van der Waals surface area contributed by atoms with Gasteiger partial charge in [0.1, 0.15) is 11.6 Å². The molecule has 3 rings (SSSR count). The SMILES string of the molecule is Cc1nc(C)n(Cc2ccc(CNC3CC3)s2)n1.